The average Bonchev–Trinajstić information content (AvgIpc) is 2.18. The van der Waals surface area contributed by atoms with Crippen LogP contribution in [0.2, 0.25) is 0 Å². The van der Waals surface area contributed by atoms with E-state index in [1.54, 1.807) is 6.07 Å². The highest BCUT2D eigenvalue weighted by Crippen LogP contribution is 1.96. The standard InChI is InChI=1S/C10H16N2O2/c1-9-5-6-10(14)12(11-9)7-3-2-4-8-13/h5-6,13H,2-4,7-8H2,1H3. The van der Waals surface area contributed by atoms with E-state index < -0.39 is 0 Å². The van der Waals surface area contributed by atoms with Gasteiger partial charge in [0.05, 0.1) is 5.69 Å². The molecule has 78 valence electrons. The van der Waals surface area contributed by atoms with E-state index in [-0.39, 0.29) is 12.2 Å². The first-order chi connectivity index (χ1) is 6.74. The Bertz CT molecular complexity index is 333. The van der Waals surface area contributed by atoms with Gasteiger partial charge in [-0.25, -0.2) is 4.68 Å². The number of unbranched alkanes of at least 4 members (excludes halogenated alkanes) is 2. The molecule has 0 aromatic carbocycles. The maximum Gasteiger partial charge on any atom is 0.266 e. The van der Waals surface area contributed by atoms with Gasteiger partial charge in [0.25, 0.3) is 5.56 Å². The summed E-state index contributed by atoms with van der Waals surface area (Å²) < 4.78 is 1.48. The normalized spacial score (nSPS) is 10.4. The molecule has 1 rings (SSSR count). The fourth-order valence-corrected chi connectivity index (χ4v) is 1.26. The van der Waals surface area contributed by atoms with Crippen molar-refractivity contribution in [3.63, 3.8) is 0 Å². The molecule has 0 radical (unpaired) electrons. The molecule has 0 fully saturated rings. The molecule has 4 nitrogen and oxygen atoms in total. The van der Waals surface area contributed by atoms with Crippen LogP contribution in [0.3, 0.4) is 0 Å². The third-order valence-electron chi connectivity index (χ3n) is 2.03. The third-order valence-corrected chi connectivity index (χ3v) is 2.03. The van der Waals surface area contributed by atoms with Gasteiger partial charge in [0.1, 0.15) is 0 Å². The minimum absolute atomic E-state index is 0.0559. The summed E-state index contributed by atoms with van der Waals surface area (Å²) in [4.78, 5) is 11.3. The SMILES string of the molecule is Cc1ccc(=O)n(CCCCCO)n1. The topological polar surface area (TPSA) is 55.1 Å². The predicted octanol–water partition coefficient (Wildman–Crippen LogP) is 0.714. The van der Waals surface area contributed by atoms with Gasteiger partial charge < -0.3 is 5.11 Å². The molecule has 0 aliphatic carbocycles. The lowest BCUT2D eigenvalue weighted by atomic mass is 10.2. The summed E-state index contributed by atoms with van der Waals surface area (Å²) in [5.41, 5.74) is 0.798. The van der Waals surface area contributed by atoms with E-state index in [2.05, 4.69) is 5.10 Å². The molecule has 0 aliphatic rings. The molecule has 14 heavy (non-hydrogen) atoms. The number of aryl methyl sites for hydroxylation is 2. The van der Waals surface area contributed by atoms with Crippen LogP contribution in [-0.2, 0) is 6.54 Å². The zero-order valence-corrected chi connectivity index (χ0v) is 8.44. The minimum atomic E-state index is -0.0559. The molecule has 0 bridgehead atoms. The van der Waals surface area contributed by atoms with Gasteiger partial charge in [0.15, 0.2) is 0 Å². The lowest BCUT2D eigenvalue weighted by molar-refractivity contribution is 0.281. The van der Waals surface area contributed by atoms with Crippen LogP contribution in [0, 0.1) is 6.92 Å². The molecular weight excluding hydrogens is 180 g/mol. The van der Waals surface area contributed by atoms with Crippen molar-refractivity contribution in [2.75, 3.05) is 6.61 Å². The average molecular weight is 196 g/mol. The third kappa shape index (κ3) is 3.30. The van der Waals surface area contributed by atoms with Crippen molar-refractivity contribution in [2.45, 2.75) is 32.7 Å². The van der Waals surface area contributed by atoms with Crippen molar-refractivity contribution >= 4 is 0 Å². The number of aliphatic hydroxyl groups excluding tert-OH is 1. The fourth-order valence-electron chi connectivity index (χ4n) is 1.26. The summed E-state index contributed by atoms with van der Waals surface area (Å²) in [6.45, 7) is 2.72. The Kier molecular flexibility index (Phi) is 4.32. The second kappa shape index (κ2) is 5.54. The lowest BCUT2D eigenvalue weighted by Gasteiger charge is -2.03. The molecule has 0 amide bonds. The zero-order valence-electron chi connectivity index (χ0n) is 8.44. The first-order valence-electron chi connectivity index (χ1n) is 4.89. The summed E-state index contributed by atoms with van der Waals surface area (Å²) in [5.74, 6) is 0. The number of nitrogens with zero attached hydrogens (tertiary/aromatic N) is 2. The van der Waals surface area contributed by atoms with E-state index in [1.807, 2.05) is 6.92 Å². The Hall–Kier alpha value is -1.16. The van der Waals surface area contributed by atoms with Gasteiger partial charge in [-0.1, -0.05) is 0 Å². The van der Waals surface area contributed by atoms with Crippen molar-refractivity contribution in [1.29, 1.82) is 0 Å². The molecule has 4 heteroatoms. The number of aromatic nitrogens is 2. The first-order valence-corrected chi connectivity index (χ1v) is 4.89. The summed E-state index contributed by atoms with van der Waals surface area (Å²) in [6, 6.07) is 3.25. The Balaban J connectivity index is 2.49. The Labute approximate surface area is 83.2 Å². The maximum atomic E-state index is 11.3. The van der Waals surface area contributed by atoms with Gasteiger partial charge in [0.2, 0.25) is 0 Å². The van der Waals surface area contributed by atoms with Crippen molar-refractivity contribution in [2.24, 2.45) is 0 Å². The summed E-state index contributed by atoms with van der Waals surface area (Å²) in [7, 11) is 0. The number of rotatable bonds is 5. The van der Waals surface area contributed by atoms with Gasteiger partial charge >= 0.3 is 0 Å². The lowest BCUT2D eigenvalue weighted by Crippen LogP contribution is -2.22. The summed E-state index contributed by atoms with van der Waals surface area (Å²) in [6.07, 6.45) is 2.61. The maximum absolute atomic E-state index is 11.3. The van der Waals surface area contributed by atoms with Crippen molar-refractivity contribution in [3.8, 4) is 0 Å². The molecule has 0 aliphatic heterocycles. The Morgan fingerprint density at radius 3 is 2.86 bits per heavy atom. The van der Waals surface area contributed by atoms with Gasteiger partial charge in [0, 0.05) is 19.2 Å². The van der Waals surface area contributed by atoms with Crippen LogP contribution in [-0.4, -0.2) is 21.5 Å². The second-order valence-corrected chi connectivity index (χ2v) is 3.32. The molecule has 0 spiro atoms. The zero-order chi connectivity index (χ0) is 10.4. The molecule has 0 atom stereocenters. The van der Waals surface area contributed by atoms with Gasteiger partial charge in [-0.3, -0.25) is 4.79 Å². The van der Waals surface area contributed by atoms with Crippen molar-refractivity contribution in [3.05, 3.63) is 28.2 Å². The van der Waals surface area contributed by atoms with Crippen LogP contribution < -0.4 is 5.56 Å². The van der Waals surface area contributed by atoms with E-state index >= 15 is 0 Å². The molecule has 1 heterocycles. The molecule has 1 N–H and O–H groups in total. The summed E-state index contributed by atoms with van der Waals surface area (Å²) >= 11 is 0. The minimum Gasteiger partial charge on any atom is -0.396 e. The van der Waals surface area contributed by atoms with Crippen LogP contribution in [0.1, 0.15) is 25.0 Å². The van der Waals surface area contributed by atoms with E-state index in [1.165, 1.54) is 10.7 Å². The smallest absolute Gasteiger partial charge is 0.266 e. The molecule has 0 saturated carbocycles. The van der Waals surface area contributed by atoms with Gasteiger partial charge in [-0.15, -0.1) is 0 Å². The van der Waals surface area contributed by atoms with Crippen LogP contribution >= 0.6 is 0 Å². The van der Waals surface area contributed by atoms with E-state index in [0.717, 1.165) is 25.0 Å². The molecule has 0 unspecified atom stereocenters. The van der Waals surface area contributed by atoms with Crippen LogP contribution in [0.15, 0.2) is 16.9 Å². The highest BCUT2D eigenvalue weighted by Gasteiger charge is 1.97. The largest absolute Gasteiger partial charge is 0.396 e. The van der Waals surface area contributed by atoms with Gasteiger partial charge in [-0.2, -0.15) is 5.10 Å². The van der Waals surface area contributed by atoms with Crippen molar-refractivity contribution < 1.29 is 5.11 Å². The quantitative estimate of drug-likeness (QED) is 0.706. The monoisotopic (exact) mass is 196 g/mol. The molecule has 1 aromatic rings. The van der Waals surface area contributed by atoms with Crippen LogP contribution in [0.4, 0.5) is 0 Å². The fraction of sp³-hybridized carbons (Fsp3) is 0.600. The van der Waals surface area contributed by atoms with E-state index in [9.17, 15) is 4.79 Å². The number of aliphatic hydroxyl groups is 1. The Morgan fingerprint density at radius 2 is 2.14 bits per heavy atom. The van der Waals surface area contributed by atoms with E-state index in [4.69, 9.17) is 5.11 Å². The molecular formula is C10H16N2O2. The van der Waals surface area contributed by atoms with Crippen LogP contribution in [0.25, 0.3) is 0 Å². The number of hydrogen-bond donors (Lipinski definition) is 1. The predicted molar refractivity (Wildman–Crippen MR) is 54.2 cm³/mol. The van der Waals surface area contributed by atoms with E-state index in [0.29, 0.717) is 6.54 Å². The summed E-state index contributed by atoms with van der Waals surface area (Å²) in [5, 5.41) is 12.7. The Morgan fingerprint density at radius 1 is 1.36 bits per heavy atom. The van der Waals surface area contributed by atoms with Crippen molar-refractivity contribution in [1.82, 2.24) is 9.78 Å². The molecule has 0 saturated heterocycles. The first kappa shape index (κ1) is 10.9. The second-order valence-electron chi connectivity index (χ2n) is 3.32. The number of hydrogen-bond acceptors (Lipinski definition) is 3. The highest BCUT2D eigenvalue weighted by molar-refractivity contribution is 4.96. The molecule has 1 aromatic heterocycles. The van der Waals surface area contributed by atoms with Crippen LogP contribution in [0.5, 0.6) is 0 Å². The highest BCUT2D eigenvalue weighted by atomic mass is 16.2. The van der Waals surface area contributed by atoms with Gasteiger partial charge in [-0.05, 0) is 32.3 Å².